The summed E-state index contributed by atoms with van der Waals surface area (Å²) in [7, 11) is -4.07. The second-order valence-corrected chi connectivity index (χ2v) is 14.0. The van der Waals surface area contributed by atoms with Crippen LogP contribution in [-0.2, 0) is 27.8 Å². The van der Waals surface area contributed by atoms with Gasteiger partial charge in [-0.3, -0.25) is 9.10 Å². The first-order valence-electron chi connectivity index (χ1n) is 14.4. The fourth-order valence-corrected chi connectivity index (χ4v) is 7.11. The SMILES string of the molecule is Cc1ccc(S(=O)(=O)N2c3ccccc3NC(=O)[C@H]2Cc2cn(C3CCOc4cc(CNC(C)(C)C)ccc43)nn2)cc1. The summed E-state index contributed by atoms with van der Waals surface area (Å²) in [6.07, 6.45) is 2.57. The molecule has 3 aromatic carbocycles. The van der Waals surface area contributed by atoms with E-state index in [2.05, 4.69) is 59.9 Å². The van der Waals surface area contributed by atoms with Crippen LogP contribution in [0.15, 0.2) is 77.8 Å². The lowest BCUT2D eigenvalue weighted by molar-refractivity contribution is -0.117. The van der Waals surface area contributed by atoms with Crippen molar-refractivity contribution in [1.82, 2.24) is 20.3 Å². The molecule has 2 atom stereocenters. The highest BCUT2D eigenvalue weighted by Crippen LogP contribution is 2.38. The van der Waals surface area contributed by atoms with Gasteiger partial charge in [-0.25, -0.2) is 13.1 Å². The number of hydrogen-bond acceptors (Lipinski definition) is 7. The summed E-state index contributed by atoms with van der Waals surface area (Å²) in [5, 5.41) is 15.2. The zero-order chi connectivity index (χ0) is 30.4. The van der Waals surface area contributed by atoms with Crippen molar-refractivity contribution in [3.63, 3.8) is 0 Å². The molecule has 1 aromatic heterocycles. The normalized spacial score (nSPS) is 18.4. The molecule has 224 valence electrons. The molecule has 0 bridgehead atoms. The Labute approximate surface area is 252 Å². The van der Waals surface area contributed by atoms with Gasteiger partial charge in [0.15, 0.2) is 0 Å². The maximum absolute atomic E-state index is 14.0. The molecular formula is C32H36N6O4S. The summed E-state index contributed by atoms with van der Waals surface area (Å²) >= 11 is 0. The van der Waals surface area contributed by atoms with Gasteiger partial charge in [0.2, 0.25) is 5.91 Å². The lowest BCUT2D eigenvalue weighted by Gasteiger charge is -2.36. The summed E-state index contributed by atoms with van der Waals surface area (Å²) in [6, 6.07) is 18.6. The highest BCUT2D eigenvalue weighted by molar-refractivity contribution is 7.93. The molecule has 0 spiro atoms. The number of rotatable bonds is 7. The minimum absolute atomic E-state index is 0.00277. The summed E-state index contributed by atoms with van der Waals surface area (Å²) < 4.78 is 37.0. The van der Waals surface area contributed by atoms with E-state index in [9.17, 15) is 13.2 Å². The van der Waals surface area contributed by atoms with Crippen LogP contribution in [-0.4, -0.2) is 47.5 Å². The van der Waals surface area contributed by atoms with Crippen LogP contribution in [0.4, 0.5) is 11.4 Å². The summed E-state index contributed by atoms with van der Waals surface area (Å²) in [5.74, 6) is 0.400. The van der Waals surface area contributed by atoms with Gasteiger partial charge in [0.25, 0.3) is 10.0 Å². The number of fused-ring (bicyclic) bond motifs is 2. The lowest BCUT2D eigenvalue weighted by atomic mass is 9.98. The molecule has 6 rings (SSSR count). The Balaban J connectivity index is 1.29. The number of amides is 1. The highest BCUT2D eigenvalue weighted by atomic mass is 32.2. The number of nitrogens with one attached hydrogen (secondary N) is 2. The Morgan fingerprint density at radius 1 is 1.07 bits per heavy atom. The van der Waals surface area contributed by atoms with Gasteiger partial charge in [-0.2, -0.15) is 0 Å². The molecule has 0 saturated heterocycles. The minimum atomic E-state index is -4.07. The van der Waals surface area contributed by atoms with Crippen molar-refractivity contribution >= 4 is 27.3 Å². The first kappa shape index (κ1) is 28.9. The third kappa shape index (κ3) is 5.87. The second kappa shape index (κ2) is 11.1. The molecule has 10 nitrogen and oxygen atoms in total. The van der Waals surface area contributed by atoms with Crippen molar-refractivity contribution in [2.45, 2.75) is 69.6 Å². The molecule has 2 aliphatic rings. The summed E-state index contributed by atoms with van der Waals surface area (Å²) in [6.45, 7) is 9.56. The molecule has 0 fully saturated rings. The average Bonchev–Trinajstić information content (AvgIpc) is 3.44. The van der Waals surface area contributed by atoms with Crippen LogP contribution in [0, 0.1) is 6.92 Å². The van der Waals surface area contributed by atoms with Crippen molar-refractivity contribution in [3.8, 4) is 5.75 Å². The number of para-hydroxylation sites is 2. The highest BCUT2D eigenvalue weighted by Gasteiger charge is 2.41. The summed E-state index contributed by atoms with van der Waals surface area (Å²) in [4.78, 5) is 13.5. The number of aryl methyl sites for hydroxylation is 1. The maximum Gasteiger partial charge on any atom is 0.265 e. The lowest BCUT2D eigenvalue weighted by Crippen LogP contribution is -2.52. The third-order valence-corrected chi connectivity index (χ3v) is 9.59. The van der Waals surface area contributed by atoms with Crippen LogP contribution in [0.5, 0.6) is 5.75 Å². The predicted molar refractivity (Wildman–Crippen MR) is 165 cm³/mol. The molecule has 43 heavy (non-hydrogen) atoms. The number of sulfonamides is 1. The van der Waals surface area contributed by atoms with Gasteiger partial charge in [0.05, 0.1) is 34.6 Å². The molecule has 3 heterocycles. The monoisotopic (exact) mass is 600 g/mol. The minimum Gasteiger partial charge on any atom is -0.493 e. The van der Waals surface area contributed by atoms with E-state index in [1.807, 2.05) is 6.92 Å². The quantitative estimate of drug-likeness (QED) is 0.318. The van der Waals surface area contributed by atoms with E-state index in [0.717, 1.165) is 29.0 Å². The Hall–Kier alpha value is -4.22. The Morgan fingerprint density at radius 2 is 1.84 bits per heavy atom. The molecule has 4 aromatic rings. The van der Waals surface area contributed by atoms with Gasteiger partial charge >= 0.3 is 0 Å². The number of nitrogens with zero attached hydrogens (tertiary/aromatic N) is 4. The predicted octanol–water partition coefficient (Wildman–Crippen LogP) is 4.61. The van der Waals surface area contributed by atoms with E-state index in [0.29, 0.717) is 30.1 Å². The zero-order valence-corrected chi connectivity index (χ0v) is 25.6. The first-order valence-corrected chi connectivity index (χ1v) is 15.9. The third-order valence-electron chi connectivity index (χ3n) is 7.75. The van der Waals surface area contributed by atoms with Crippen molar-refractivity contribution in [2.75, 3.05) is 16.2 Å². The zero-order valence-electron chi connectivity index (χ0n) is 24.7. The van der Waals surface area contributed by atoms with Crippen LogP contribution in [0.2, 0.25) is 0 Å². The van der Waals surface area contributed by atoms with Crippen molar-refractivity contribution in [3.05, 3.63) is 95.3 Å². The first-order chi connectivity index (χ1) is 20.5. The molecule has 2 N–H and O–H groups in total. The van der Waals surface area contributed by atoms with Gasteiger partial charge in [0.1, 0.15) is 11.8 Å². The molecule has 0 saturated carbocycles. The number of aromatic nitrogens is 3. The molecular weight excluding hydrogens is 564 g/mol. The van der Waals surface area contributed by atoms with Crippen molar-refractivity contribution in [2.24, 2.45) is 0 Å². The maximum atomic E-state index is 14.0. The summed E-state index contributed by atoms with van der Waals surface area (Å²) in [5.41, 5.74) is 4.46. The van der Waals surface area contributed by atoms with E-state index < -0.39 is 22.0 Å². The fourth-order valence-electron chi connectivity index (χ4n) is 5.48. The standard InChI is InChI=1S/C32H36N6O4S/c1-21-9-12-24(13-10-21)43(40,41)38-28-8-6-5-7-26(28)34-31(39)29(38)18-23-20-37(36-35-23)27-15-16-42-30-17-22(11-14-25(27)30)19-33-32(2,3)4/h5-14,17,20,27,29,33H,15-16,18-19H2,1-4H3,(H,34,39)/t27?,29-/m1/s1. The average molecular weight is 601 g/mol. The van der Waals surface area contributed by atoms with E-state index in [-0.39, 0.29) is 22.9 Å². The van der Waals surface area contributed by atoms with Crippen LogP contribution in [0.1, 0.15) is 55.6 Å². The van der Waals surface area contributed by atoms with E-state index in [1.165, 1.54) is 4.31 Å². The van der Waals surface area contributed by atoms with E-state index in [1.54, 1.807) is 59.4 Å². The second-order valence-electron chi connectivity index (χ2n) is 12.2. The Bertz CT molecular complexity index is 1760. The molecule has 0 aliphatic carbocycles. The van der Waals surface area contributed by atoms with Gasteiger partial charge in [0, 0.05) is 36.7 Å². The molecule has 2 aliphatic heterocycles. The van der Waals surface area contributed by atoms with Crippen molar-refractivity contribution in [1.29, 1.82) is 0 Å². The van der Waals surface area contributed by atoms with Crippen LogP contribution < -0.4 is 19.7 Å². The van der Waals surface area contributed by atoms with Gasteiger partial charge < -0.3 is 15.4 Å². The smallest absolute Gasteiger partial charge is 0.265 e. The number of ether oxygens (including phenoxy) is 1. The number of carbonyl (C=O) groups excluding carboxylic acids is 1. The van der Waals surface area contributed by atoms with Gasteiger partial charge in [-0.1, -0.05) is 47.2 Å². The van der Waals surface area contributed by atoms with E-state index in [4.69, 9.17) is 4.74 Å². The largest absolute Gasteiger partial charge is 0.493 e. The van der Waals surface area contributed by atoms with Crippen LogP contribution in [0.25, 0.3) is 0 Å². The number of hydrogen-bond donors (Lipinski definition) is 2. The Kier molecular flexibility index (Phi) is 7.47. The number of benzene rings is 3. The number of carbonyl (C=O) groups is 1. The van der Waals surface area contributed by atoms with Gasteiger partial charge in [-0.05, 0) is 63.6 Å². The molecule has 11 heteroatoms. The van der Waals surface area contributed by atoms with Crippen molar-refractivity contribution < 1.29 is 17.9 Å². The van der Waals surface area contributed by atoms with Crippen LogP contribution in [0.3, 0.4) is 0 Å². The molecule has 1 amide bonds. The molecule has 0 radical (unpaired) electrons. The topological polar surface area (TPSA) is 118 Å². The fraction of sp³-hybridized carbons (Fsp3) is 0.344. The Morgan fingerprint density at radius 3 is 2.60 bits per heavy atom. The van der Waals surface area contributed by atoms with Gasteiger partial charge in [-0.15, -0.1) is 5.10 Å². The number of anilines is 2. The van der Waals surface area contributed by atoms with E-state index >= 15 is 0 Å². The van der Waals surface area contributed by atoms with Crippen LogP contribution >= 0.6 is 0 Å². The molecule has 1 unspecified atom stereocenters.